The second kappa shape index (κ2) is 6.85. The minimum Gasteiger partial charge on any atom is -0.0845 e. The summed E-state index contributed by atoms with van der Waals surface area (Å²) in [6.45, 7) is 9.79. The topological polar surface area (TPSA) is 0 Å². The summed E-state index contributed by atoms with van der Waals surface area (Å²) in [7, 11) is 0. The maximum atomic E-state index is 5.25. The predicted octanol–water partition coefficient (Wildman–Crippen LogP) is 3.58. The van der Waals surface area contributed by atoms with E-state index in [-0.39, 0.29) is 0 Å². The first-order valence-electron chi connectivity index (χ1n) is 4.30. The second-order valence-electron chi connectivity index (χ2n) is 3.27. The van der Waals surface area contributed by atoms with Gasteiger partial charge in [-0.25, -0.2) is 0 Å². The third-order valence-corrected chi connectivity index (χ3v) is 1.65. The summed E-state index contributed by atoms with van der Waals surface area (Å²) in [5, 5.41) is 0. The monoisotopic (exact) mass is 139 g/mol. The lowest BCUT2D eigenvalue weighted by atomic mass is 10.0. The van der Waals surface area contributed by atoms with Gasteiger partial charge in [0.25, 0.3) is 0 Å². The molecule has 0 atom stereocenters. The number of unbranched alkanes of at least 4 members (excludes halogenated alkanes) is 3. The molecule has 0 aromatic carbocycles. The molecule has 0 N–H and O–H groups in total. The van der Waals surface area contributed by atoms with Crippen molar-refractivity contribution in [3.8, 4) is 0 Å². The molecule has 0 aliphatic rings. The molecule has 0 heteroatoms. The van der Waals surface area contributed by atoms with E-state index in [4.69, 9.17) is 6.58 Å². The molecule has 0 saturated heterocycles. The maximum Gasteiger partial charge on any atom is -0.0348 e. The maximum absolute atomic E-state index is 5.25. The Bertz CT molecular complexity index is 72.1. The SMILES string of the molecule is [CH]=CCCCCCC(C)C. The molecule has 0 fully saturated rings. The van der Waals surface area contributed by atoms with Crippen LogP contribution in [0.4, 0.5) is 0 Å². The highest BCUT2D eigenvalue weighted by molar-refractivity contribution is 4.61. The van der Waals surface area contributed by atoms with Crippen molar-refractivity contribution in [2.24, 2.45) is 5.92 Å². The fraction of sp³-hybridized carbons (Fsp3) is 0.800. The van der Waals surface area contributed by atoms with Crippen molar-refractivity contribution in [2.75, 3.05) is 0 Å². The lowest BCUT2D eigenvalue weighted by molar-refractivity contribution is 0.529. The van der Waals surface area contributed by atoms with E-state index in [9.17, 15) is 0 Å². The van der Waals surface area contributed by atoms with Gasteiger partial charge in [-0.15, -0.1) is 0 Å². The molecule has 0 bridgehead atoms. The zero-order chi connectivity index (χ0) is 7.82. The molecule has 1 radical (unpaired) electrons. The first-order valence-corrected chi connectivity index (χ1v) is 4.30. The fourth-order valence-corrected chi connectivity index (χ4v) is 0.992. The molecule has 0 rings (SSSR count). The van der Waals surface area contributed by atoms with E-state index < -0.39 is 0 Å². The van der Waals surface area contributed by atoms with E-state index >= 15 is 0 Å². The molecule has 0 heterocycles. The molecule has 0 unspecified atom stereocenters. The summed E-state index contributed by atoms with van der Waals surface area (Å²) in [5.74, 6) is 0.863. The molecular weight excluding hydrogens is 120 g/mol. The van der Waals surface area contributed by atoms with Crippen LogP contribution in [-0.2, 0) is 0 Å². The lowest BCUT2D eigenvalue weighted by Gasteiger charge is -2.02. The number of hydrogen-bond donors (Lipinski definition) is 0. The quantitative estimate of drug-likeness (QED) is 0.493. The molecule has 0 aliphatic carbocycles. The summed E-state index contributed by atoms with van der Waals surface area (Å²) in [5.41, 5.74) is 0. The normalized spacial score (nSPS) is 10.3. The van der Waals surface area contributed by atoms with Gasteiger partial charge in [0.2, 0.25) is 0 Å². The van der Waals surface area contributed by atoms with E-state index in [1.54, 1.807) is 6.08 Å². The molecule has 10 heavy (non-hydrogen) atoms. The second-order valence-corrected chi connectivity index (χ2v) is 3.27. The van der Waals surface area contributed by atoms with Crippen molar-refractivity contribution < 1.29 is 0 Å². The minimum atomic E-state index is 0.863. The van der Waals surface area contributed by atoms with Gasteiger partial charge in [-0.2, -0.15) is 0 Å². The molecule has 0 aliphatic heterocycles. The molecule has 0 aromatic rings. The van der Waals surface area contributed by atoms with Crippen LogP contribution in [0.1, 0.15) is 46.0 Å². The lowest BCUT2D eigenvalue weighted by Crippen LogP contribution is -1.86. The summed E-state index contributed by atoms with van der Waals surface area (Å²) < 4.78 is 0. The molecular formula is C10H19. The van der Waals surface area contributed by atoms with Gasteiger partial charge >= 0.3 is 0 Å². The van der Waals surface area contributed by atoms with Crippen LogP contribution in [-0.4, -0.2) is 0 Å². The van der Waals surface area contributed by atoms with Crippen molar-refractivity contribution in [1.29, 1.82) is 0 Å². The van der Waals surface area contributed by atoms with Crippen molar-refractivity contribution in [3.63, 3.8) is 0 Å². The van der Waals surface area contributed by atoms with Crippen LogP contribution in [0.25, 0.3) is 0 Å². The van der Waals surface area contributed by atoms with Crippen molar-refractivity contribution >= 4 is 0 Å². The van der Waals surface area contributed by atoms with Crippen LogP contribution < -0.4 is 0 Å². The fourth-order valence-electron chi connectivity index (χ4n) is 0.992. The number of rotatable bonds is 6. The van der Waals surface area contributed by atoms with Crippen LogP contribution in [0, 0.1) is 12.5 Å². The number of allylic oxidation sites excluding steroid dienone is 1. The van der Waals surface area contributed by atoms with E-state index in [2.05, 4.69) is 13.8 Å². The van der Waals surface area contributed by atoms with Gasteiger partial charge in [-0.1, -0.05) is 45.8 Å². The van der Waals surface area contributed by atoms with Crippen LogP contribution in [0.5, 0.6) is 0 Å². The molecule has 0 amide bonds. The van der Waals surface area contributed by atoms with Crippen LogP contribution in [0.15, 0.2) is 6.08 Å². The van der Waals surface area contributed by atoms with Crippen molar-refractivity contribution in [1.82, 2.24) is 0 Å². The van der Waals surface area contributed by atoms with Gasteiger partial charge in [0.1, 0.15) is 0 Å². The first-order chi connectivity index (χ1) is 4.77. The summed E-state index contributed by atoms with van der Waals surface area (Å²) in [6, 6.07) is 0. The Morgan fingerprint density at radius 1 is 1.20 bits per heavy atom. The Morgan fingerprint density at radius 2 is 1.90 bits per heavy atom. The third-order valence-electron chi connectivity index (χ3n) is 1.65. The average molecular weight is 139 g/mol. The summed E-state index contributed by atoms with van der Waals surface area (Å²) in [4.78, 5) is 0. The highest BCUT2D eigenvalue weighted by Crippen LogP contribution is 2.08. The Hall–Kier alpha value is -0.260. The van der Waals surface area contributed by atoms with E-state index in [0.29, 0.717) is 0 Å². The Kier molecular flexibility index (Phi) is 6.68. The Labute approximate surface area is 65.3 Å². The van der Waals surface area contributed by atoms with E-state index in [1.807, 2.05) is 0 Å². The molecule has 59 valence electrons. The first kappa shape index (κ1) is 9.74. The number of hydrogen-bond acceptors (Lipinski definition) is 0. The van der Waals surface area contributed by atoms with Gasteiger partial charge < -0.3 is 0 Å². The van der Waals surface area contributed by atoms with Gasteiger partial charge in [0, 0.05) is 0 Å². The molecule has 0 spiro atoms. The van der Waals surface area contributed by atoms with Gasteiger partial charge in [0.05, 0.1) is 0 Å². The third kappa shape index (κ3) is 7.74. The van der Waals surface area contributed by atoms with Crippen molar-refractivity contribution in [3.05, 3.63) is 12.7 Å². The molecule has 0 aromatic heterocycles. The summed E-state index contributed by atoms with van der Waals surface area (Å²) >= 11 is 0. The van der Waals surface area contributed by atoms with E-state index in [0.717, 1.165) is 12.3 Å². The zero-order valence-electron chi connectivity index (χ0n) is 7.27. The minimum absolute atomic E-state index is 0.863. The van der Waals surface area contributed by atoms with Crippen LogP contribution >= 0.6 is 0 Å². The van der Waals surface area contributed by atoms with Gasteiger partial charge in [-0.05, 0) is 18.8 Å². The van der Waals surface area contributed by atoms with Crippen molar-refractivity contribution in [2.45, 2.75) is 46.0 Å². The highest BCUT2D eigenvalue weighted by Gasteiger charge is 1.92. The highest BCUT2D eigenvalue weighted by atomic mass is 14.0. The standard InChI is InChI=1S/C10H19/c1-4-5-6-7-8-9-10(2)3/h1,4,10H,5-9H2,2-3H3. The smallest absolute Gasteiger partial charge is 0.0348 e. The van der Waals surface area contributed by atoms with Crippen LogP contribution in [0.3, 0.4) is 0 Å². The van der Waals surface area contributed by atoms with E-state index in [1.165, 1.54) is 25.7 Å². The predicted molar refractivity (Wildman–Crippen MR) is 46.8 cm³/mol. The van der Waals surface area contributed by atoms with Crippen LogP contribution in [0.2, 0.25) is 0 Å². The summed E-state index contributed by atoms with van der Waals surface area (Å²) in [6.07, 6.45) is 8.18. The largest absolute Gasteiger partial charge is 0.0845 e. The molecule has 0 nitrogen and oxygen atoms in total. The van der Waals surface area contributed by atoms with Gasteiger partial charge in [-0.3, -0.25) is 0 Å². The average Bonchev–Trinajstić information content (AvgIpc) is 1.87. The molecule has 0 saturated carbocycles. The van der Waals surface area contributed by atoms with Gasteiger partial charge in [0.15, 0.2) is 0 Å². The Morgan fingerprint density at radius 3 is 2.40 bits per heavy atom. The zero-order valence-corrected chi connectivity index (χ0v) is 7.27. The Balaban J connectivity index is 2.83.